The minimum atomic E-state index is -3.65. The van der Waals surface area contributed by atoms with Gasteiger partial charge in [0, 0.05) is 23.6 Å². The molecule has 0 unspecified atom stereocenters. The Morgan fingerprint density at radius 2 is 2.14 bits per heavy atom. The second-order valence-corrected chi connectivity index (χ2v) is 6.96. The van der Waals surface area contributed by atoms with Crippen LogP contribution in [0.2, 0.25) is 0 Å². The Kier molecular flexibility index (Phi) is 5.20. The summed E-state index contributed by atoms with van der Waals surface area (Å²) in [6.07, 6.45) is 0. The highest BCUT2D eigenvalue weighted by molar-refractivity contribution is 9.10. The number of ether oxygens (including phenoxy) is 1. The number of anilines is 1. The quantitative estimate of drug-likeness (QED) is 0.633. The number of hydrogen-bond donors (Lipinski definition) is 3. The summed E-state index contributed by atoms with van der Waals surface area (Å²) in [5.74, 6) is 0.0682. The minimum absolute atomic E-state index is 0.0777. The molecule has 2 rings (SSSR count). The maximum absolute atomic E-state index is 12.3. The topological polar surface area (TPSA) is 96.5 Å². The zero-order valence-electron chi connectivity index (χ0n) is 11.4. The van der Waals surface area contributed by atoms with Crippen molar-refractivity contribution in [3.05, 3.63) is 16.6 Å². The van der Waals surface area contributed by atoms with Crippen molar-refractivity contribution in [1.82, 2.24) is 10.0 Å². The molecule has 1 amide bonds. The number of halogens is 1. The van der Waals surface area contributed by atoms with Gasteiger partial charge in [-0.25, -0.2) is 13.1 Å². The Morgan fingerprint density at radius 3 is 2.86 bits per heavy atom. The van der Waals surface area contributed by atoms with Crippen LogP contribution in [0.15, 0.2) is 21.5 Å². The molecule has 21 heavy (non-hydrogen) atoms. The third kappa shape index (κ3) is 3.94. The molecule has 0 aromatic heterocycles. The van der Waals surface area contributed by atoms with Crippen LogP contribution in [-0.2, 0) is 14.8 Å². The molecule has 9 heteroatoms. The number of hydrogen-bond acceptors (Lipinski definition) is 5. The molecule has 1 aromatic rings. The van der Waals surface area contributed by atoms with Crippen LogP contribution in [0.3, 0.4) is 0 Å². The Morgan fingerprint density at radius 1 is 1.38 bits per heavy atom. The van der Waals surface area contributed by atoms with Crippen molar-refractivity contribution in [1.29, 1.82) is 0 Å². The first-order valence-corrected chi connectivity index (χ1v) is 8.68. The minimum Gasteiger partial charge on any atom is -0.482 e. The molecule has 0 spiro atoms. The number of amides is 1. The van der Waals surface area contributed by atoms with Gasteiger partial charge in [0.15, 0.2) is 6.61 Å². The van der Waals surface area contributed by atoms with Crippen LogP contribution in [0, 0.1) is 0 Å². The summed E-state index contributed by atoms with van der Waals surface area (Å²) >= 11 is 3.21. The Hall–Kier alpha value is -1.16. The first-order chi connectivity index (χ1) is 9.94. The van der Waals surface area contributed by atoms with Crippen LogP contribution in [0.4, 0.5) is 5.69 Å². The van der Waals surface area contributed by atoms with Gasteiger partial charge < -0.3 is 15.4 Å². The predicted molar refractivity (Wildman–Crippen MR) is 82.0 cm³/mol. The van der Waals surface area contributed by atoms with Gasteiger partial charge in [-0.05, 0) is 28.5 Å². The molecule has 0 saturated carbocycles. The van der Waals surface area contributed by atoms with Crippen LogP contribution in [0.25, 0.3) is 0 Å². The average Bonchev–Trinajstić information content (AvgIpc) is 2.42. The summed E-state index contributed by atoms with van der Waals surface area (Å²) in [5.41, 5.74) is 0.449. The van der Waals surface area contributed by atoms with E-state index in [2.05, 4.69) is 31.3 Å². The monoisotopic (exact) mass is 377 g/mol. The second kappa shape index (κ2) is 6.73. The number of carbonyl (C=O) groups is 1. The molecule has 3 N–H and O–H groups in total. The average molecular weight is 378 g/mol. The number of sulfonamides is 1. The van der Waals surface area contributed by atoms with Crippen molar-refractivity contribution < 1.29 is 17.9 Å². The summed E-state index contributed by atoms with van der Waals surface area (Å²) < 4.78 is 32.6. The number of fused-ring (bicyclic) bond motifs is 1. The molecule has 7 nitrogen and oxygen atoms in total. The number of benzene rings is 1. The van der Waals surface area contributed by atoms with Gasteiger partial charge in [-0.1, -0.05) is 6.92 Å². The van der Waals surface area contributed by atoms with Crippen molar-refractivity contribution in [2.45, 2.75) is 11.8 Å². The molecule has 0 radical (unpaired) electrons. The van der Waals surface area contributed by atoms with Gasteiger partial charge in [-0.2, -0.15) is 0 Å². The van der Waals surface area contributed by atoms with Crippen LogP contribution in [0.1, 0.15) is 6.92 Å². The van der Waals surface area contributed by atoms with E-state index in [0.717, 1.165) is 6.54 Å². The van der Waals surface area contributed by atoms with Crippen molar-refractivity contribution in [3.63, 3.8) is 0 Å². The zero-order chi connectivity index (χ0) is 15.5. The van der Waals surface area contributed by atoms with E-state index in [4.69, 9.17) is 4.74 Å². The predicted octanol–water partition coefficient (Wildman–Crippen LogP) is 0.668. The molecular formula is C12H16BrN3O4S. The summed E-state index contributed by atoms with van der Waals surface area (Å²) in [6, 6.07) is 2.92. The molecular weight excluding hydrogens is 362 g/mol. The lowest BCUT2D eigenvalue weighted by atomic mass is 10.2. The highest BCUT2D eigenvalue weighted by atomic mass is 79.9. The summed E-state index contributed by atoms with van der Waals surface area (Å²) in [4.78, 5) is 11.3. The van der Waals surface area contributed by atoms with Crippen LogP contribution in [-0.4, -0.2) is 40.6 Å². The molecule has 0 bridgehead atoms. The van der Waals surface area contributed by atoms with Gasteiger partial charge in [0.1, 0.15) is 5.75 Å². The standard InChI is InChI=1S/C12H16BrN3O4S/c1-2-14-3-4-15-21(18,19)11-6-10-9(5-8(11)13)16-12(17)7-20-10/h5-6,14-15H,2-4,7H2,1H3,(H,16,17). The molecule has 1 aliphatic rings. The molecule has 0 aliphatic carbocycles. The van der Waals surface area contributed by atoms with Crippen LogP contribution >= 0.6 is 15.9 Å². The SMILES string of the molecule is CCNCCNS(=O)(=O)c1cc2c(cc1Br)NC(=O)CO2. The fourth-order valence-electron chi connectivity index (χ4n) is 1.82. The highest BCUT2D eigenvalue weighted by Crippen LogP contribution is 2.35. The van der Waals surface area contributed by atoms with E-state index in [9.17, 15) is 13.2 Å². The number of nitrogens with one attached hydrogen (secondary N) is 3. The van der Waals surface area contributed by atoms with Gasteiger partial charge in [0.05, 0.1) is 10.6 Å². The molecule has 0 saturated heterocycles. The van der Waals surface area contributed by atoms with Crippen LogP contribution in [0.5, 0.6) is 5.75 Å². The van der Waals surface area contributed by atoms with Crippen molar-refractivity contribution >= 4 is 37.5 Å². The van der Waals surface area contributed by atoms with Gasteiger partial charge >= 0.3 is 0 Å². The Bertz CT molecular complexity index is 648. The molecule has 1 aromatic carbocycles. The van der Waals surface area contributed by atoms with E-state index in [1.54, 1.807) is 0 Å². The maximum Gasteiger partial charge on any atom is 0.262 e. The fraction of sp³-hybridized carbons (Fsp3) is 0.417. The van der Waals surface area contributed by atoms with E-state index in [1.165, 1.54) is 12.1 Å². The van der Waals surface area contributed by atoms with Crippen LogP contribution < -0.4 is 20.1 Å². The lowest BCUT2D eigenvalue weighted by Gasteiger charge is -2.19. The van der Waals surface area contributed by atoms with Gasteiger partial charge in [-0.3, -0.25) is 4.79 Å². The maximum atomic E-state index is 12.3. The molecule has 0 fully saturated rings. The third-order valence-electron chi connectivity index (χ3n) is 2.80. The third-order valence-corrected chi connectivity index (χ3v) is 5.22. The van der Waals surface area contributed by atoms with E-state index in [0.29, 0.717) is 22.5 Å². The second-order valence-electron chi connectivity index (χ2n) is 4.37. The van der Waals surface area contributed by atoms with E-state index >= 15 is 0 Å². The largest absolute Gasteiger partial charge is 0.482 e. The Balaban J connectivity index is 2.21. The van der Waals surface area contributed by atoms with Gasteiger partial charge in [-0.15, -0.1) is 0 Å². The highest BCUT2D eigenvalue weighted by Gasteiger charge is 2.23. The first-order valence-electron chi connectivity index (χ1n) is 6.40. The fourth-order valence-corrected chi connectivity index (χ4v) is 3.90. The summed E-state index contributed by atoms with van der Waals surface area (Å²) in [7, 11) is -3.65. The van der Waals surface area contributed by atoms with E-state index in [-0.39, 0.29) is 24.0 Å². The number of carbonyl (C=O) groups excluding carboxylic acids is 1. The van der Waals surface area contributed by atoms with Crippen molar-refractivity contribution in [2.24, 2.45) is 0 Å². The molecule has 1 aliphatic heterocycles. The Labute approximate surface area is 131 Å². The number of likely N-dealkylation sites (N-methyl/N-ethyl adjacent to an activating group) is 1. The van der Waals surface area contributed by atoms with Gasteiger partial charge in [0.2, 0.25) is 10.0 Å². The van der Waals surface area contributed by atoms with Gasteiger partial charge in [0.25, 0.3) is 5.91 Å². The molecule has 0 atom stereocenters. The van der Waals surface area contributed by atoms with Crippen molar-refractivity contribution in [2.75, 3.05) is 31.6 Å². The first kappa shape index (κ1) is 16.2. The summed E-state index contributed by atoms with van der Waals surface area (Å²) in [5, 5.41) is 5.65. The summed E-state index contributed by atoms with van der Waals surface area (Å²) in [6.45, 7) is 3.43. The van der Waals surface area contributed by atoms with E-state index in [1.807, 2.05) is 6.92 Å². The zero-order valence-corrected chi connectivity index (χ0v) is 13.8. The smallest absolute Gasteiger partial charge is 0.262 e. The van der Waals surface area contributed by atoms with Crippen molar-refractivity contribution in [3.8, 4) is 5.75 Å². The molecule has 116 valence electrons. The normalized spacial score (nSPS) is 14.3. The molecule has 1 heterocycles. The lowest BCUT2D eigenvalue weighted by Crippen LogP contribution is -2.32. The number of rotatable bonds is 6. The lowest BCUT2D eigenvalue weighted by molar-refractivity contribution is -0.118. The van der Waals surface area contributed by atoms with E-state index < -0.39 is 10.0 Å².